The van der Waals surface area contributed by atoms with Crippen LogP contribution in [0.1, 0.15) is 38.7 Å². The molecule has 0 unspecified atom stereocenters. The van der Waals surface area contributed by atoms with Gasteiger partial charge in [-0.3, -0.25) is 24.0 Å². The first-order chi connectivity index (χ1) is 18.9. The lowest BCUT2D eigenvalue weighted by molar-refractivity contribution is -0.160. The molecule has 222 valence electrons. The van der Waals surface area contributed by atoms with Gasteiger partial charge in [-0.25, -0.2) is 4.79 Å². The number of nitrogens with two attached hydrogens (primary N) is 2. The molecule has 0 spiro atoms. The smallest absolute Gasteiger partial charge is 0.336 e. The number of phenols is 1. The van der Waals surface area contributed by atoms with Gasteiger partial charge in [-0.15, -0.1) is 0 Å². The summed E-state index contributed by atoms with van der Waals surface area (Å²) in [6.07, 6.45) is 1.29. The maximum Gasteiger partial charge on any atom is 0.336 e. The van der Waals surface area contributed by atoms with Crippen molar-refractivity contribution in [3.63, 3.8) is 0 Å². The van der Waals surface area contributed by atoms with Crippen LogP contribution in [0.3, 0.4) is 0 Å². The molecule has 0 aliphatic heterocycles. The van der Waals surface area contributed by atoms with E-state index < -0.39 is 66.3 Å². The van der Waals surface area contributed by atoms with Crippen LogP contribution in [0.5, 0.6) is 5.75 Å². The van der Waals surface area contributed by atoms with Crippen molar-refractivity contribution < 1.29 is 38.6 Å². The molecule has 1 rings (SSSR count). The van der Waals surface area contributed by atoms with Crippen molar-refractivity contribution in [2.24, 2.45) is 11.5 Å². The first kappa shape index (κ1) is 34.3. The highest BCUT2D eigenvalue weighted by Gasteiger charge is 2.27. The van der Waals surface area contributed by atoms with Crippen LogP contribution in [-0.2, 0) is 39.9 Å². The van der Waals surface area contributed by atoms with Crippen molar-refractivity contribution in [1.82, 2.24) is 21.3 Å². The minimum atomic E-state index is -1.12. The first-order valence-corrected chi connectivity index (χ1v) is 13.3. The van der Waals surface area contributed by atoms with Gasteiger partial charge in [0.1, 0.15) is 23.9 Å². The summed E-state index contributed by atoms with van der Waals surface area (Å²) >= 11 is 3.98. The van der Waals surface area contributed by atoms with Gasteiger partial charge in [0.05, 0.1) is 12.6 Å². The van der Waals surface area contributed by atoms with E-state index in [0.29, 0.717) is 24.9 Å². The van der Waals surface area contributed by atoms with E-state index in [0.717, 1.165) is 6.92 Å². The Balaban J connectivity index is 2.75. The van der Waals surface area contributed by atoms with Crippen LogP contribution in [0.4, 0.5) is 0 Å². The van der Waals surface area contributed by atoms with Crippen molar-refractivity contribution >= 4 is 48.2 Å². The highest BCUT2D eigenvalue weighted by atomic mass is 32.1. The van der Waals surface area contributed by atoms with Gasteiger partial charge in [-0.1, -0.05) is 12.1 Å². The molecule has 1 aromatic carbocycles. The molecule has 9 N–H and O–H groups in total. The molecule has 1 aromatic rings. The van der Waals surface area contributed by atoms with E-state index in [1.807, 2.05) is 0 Å². The molecular formula is C25H38N6O8S. The number of unbranched alkanes of at least 4 members (excludes halogenated alkanes) is 1. The molecule has 0 bridgehead atoms. The predicted octanol–water partition coefficient (Wildman–Crippen LogP) is -2.00. The highest BCUT2D eigenvalue weighted by Crippen LogP contribution is 2.11. The largest absolute Gasteiger partial charge is 0.508 e. The number of thiol groups is 1. The Morgan fingerprint density at radius 2 is 1.57 bits per heavy atom. The second kappa shape index (κ2) is 17.8. The molecule has 0 saturated carbocycles. The number of nitrogens with one attached hydrogen (secondary N) is 4. The summed E-state index contributed by atoms with van der Waals surface area (Å²) in [6, 6.07) is 1.71. The molecule has 40 heavy (non-hydrogen) atoms. The third-order valence-electron chi connectivity index (χ3n) is 5.53. The molecule has 0 fully saturated rings. The standard InChI is InChI=1S/C25H38N6O8S/c1-14(22(35)30-19(5-3-4-10-26)25(38)39-15(2)32)29-21(34)12-28-24(37)20(31-23(36)18(27)13-40)11-16-6-8-17(33)9-7-16/h6-9,14,18-20,33,40H,3-5,10-13,26-27H2,1-2H3,(H,28,37)(H,29,34)(H,30,35)(H,31,36)/t14-,18-,19-,20-/m0/s1. The van der Waals surface area contributed by atoms with Crippen LogP contribution in [0, 0.1) is 0 Å². The fraction of sp³-hybridized carbons (Fsp3) is 0.520. The van der Waals surface area contributed by atoms with Crippen molar-refractivity contribution in [3.05, 3.63) is 29.8 Å². The van der Waals surface area contributed by atoms with Crippen molar-refractivity contribution in [3.8, 4) is 5.75 Å². The average molecular weight is 583 g/mol. The fourth-order valence-electron chi connectivity index (χ4n) is 3.34. The second-order valence-corrected chi connectivity index (χ2v) is 9.35. The summed E-state index contributed by atoms with van der Waals surface area (Å²) in [7, 11) is 0. The van der Waals surface area contributed by atoms with Gasteiger partial charge in [-0.2, -0.15) is 12.6 Å². The Hall–Kier alpha value is -3.69. The number of rotatable bonds is 16. The number of carbonyl (C=O) groups excluding carboxylic acids is 6. The van der Waals surface area contributed by atoms with Gasteiger partial charge in [0.2, 0.25) is 23.6 Å². The quantitative estimate of drug-likeness (QED) is 0.0462. The maximum absolute atomic E-state index is 12.8. The Labute approximate surface area is 237 Å². The van der Waals surface area contributed by atoms with E-state index in [4.69, 9.17) is 11.5 Å². The normalized spacial score (nSPS) is 13.6. The number of hydrogen-bond acceptors (Lipinski definition) is 11. The fourth-order valence-corrected chi connectivity index (χ4v) is 3.50. The van der Waals surface area contributed by atoms with Gasteiger partial charge in [0.15, 0.2) is 0 Å². The maximum atomic E-state index is 12.8. The number of carbonyl (C=O) groups is 6. The Morgan fingerprint density at radius 3 is 2.15 bits per heavy atom. The second-order valence-electron chi connectivity index (χ2n) is 8.99. The molecule has 0 aromatic heterocycles. The summed E-state index contributed by atoms with van der Waals surface area (Å²) in [5.41, 5.74) is 11.8. The molecule has 0 radical (unpaired) electrons. The molecule has 4 atom stereocenters. The molecule has 4 amide bonds. The third-order valence-corrected chi connectivity index (χ3v) is 5.92. The average Bonchev–Trinajstić information content (AvgIpc) is 2.90. The minimum Gasteiger partial charge on any atom is -0.508 e. The molecule has 15 heteroatoms. The van der Waals surface area contributed by atoms with Crippen molar-refractivity contribution in [2.75, 3.05) is 18.8 Å². The first-order valence-electron chi connectivity index (χ1n) is 12.6. The lowest BCUT2D eigenvalue weighted by Gasteiger charge is -2.21. The zero-order valence-electron chi connectivity index (χ0n) is 22.5. The van der Waals surface area contributed by atoms with E-state index in [1.165, 1.54) is 19.1 Å². The Kier molecular flexibility index (Phi) is 15.3. The van der Waals surface area contributed by atoms with Crippen LogP contribution in [0.15, 0.2) is 24.3 Å². The summed E-state index contributed by atoms with van der Waals surface area (Å²) in [5.74, 6) is -4.42. The number of aromatic hydroxyl groups is 1. The lowest BCUT2D eigenvalue weighted by Crippen LogP contribution is -2.55. The molecule has 0 aliphatic rings. The van der Waals surface area contributed by atoms with E-state index in [1.54, 1.807) is 12.1 Å². The molecule has 0 aliphatic carbocycles. The molecule has 0 heterocycles. The van der Waals surface area contributed by atoms with E-state index in [-0.39, 0.29) is 24.3 Å². The number of benzene rings is 1. The zero-order valence-corrected chi connectivity index (χ0v) is 23.4. The number of amides is 4. The topological polar surface area (TPSA) is 232 Å². The number of esters is 2. The summed E-state index contributed by atoms with van der Waals surface area (Å²) in [6.45, 7) is 2.28. The minimum absolute atomic E-state index is 0.0262. The SMILES string of the molecule is CC(=O)OC(=O)[C@H](CCCCN)NC(=O)[C@H](C)NC(=O)CNC(=O)[C@H](Cc1ccc(O)cc1)NC(=O)[C@@H](N)CS. The van der Waals surface area contributed by atoms with E-state index >= 15 is 0 Å². The van der Waals surface area contributed by atoms with Crippen LogP contribution >= 0.6 is 12.6 Å². The summed E-state index contributed by atoms with van der Waals surface area (Å²) < 4.78 is 4.58. The number of ether oxygens (including phenoxy) is 1. The van der Waals surface area contributed by atoms with E-state index in [9.17, 15) is 33.9 Å². The Bertz CT molecular complexity index is 1040. The monoisotopic (exact) mass is 582 g/mol. The van der Waals surface area contributed by atoms with Gasteiger partial charge in [0.25, 0.3) is 0 Å². The number of phenolic OH excluding ortho intramolecular Hbond substituents is 1. The third kappa shape index (κ3) is 12.9. The van der Waals surface area contributed by atoms with Gasteiger partial charge < -0.3 is 42.6 Å². The predicted molar refractivity (Wildman–Crippen MR) is 148 cm³/mol. The van der Waals surface area contributed by atoms with Crippen molar-refractivity contribution in [2.45, 2.75) is 63.7 Å². The van der Waals surface area contributed by atoms with Gasteiger partial charge in [-0.05, 0) is 50.4 Å². The van der Waals surface area contributed by atoms with E-state index in [2.05, 4.69) is 38.6 Å². The molecular weight excluding hydrogens is 544 g/mol. The van der Waals surface area contributed by atoms with Gasteiger partial charge >= 0.3 is 11.9 Å². The molecule has 14 nitrogen and oxygen atoms in total. The highest BCUT2D eigenvalue weighted by molar-refractivity contribution is 7.80. The van der Waals surface area contributed by atoms with Crippen molar-refractivity contribution in [1.29, 1.82) is 0 Å². The van der Waals surface area contributed by atoms with Crippen LogP contribution in [0.2, 0.25) is 0 Å². The van der Waals surface area contributed by atoms with Crippen LogP contribution in [-0.4, -0.2) is 83.7 Å². The van der Waals surface area contributed by atoms with Crippen LogP contribution < -0.4 is 32.7 Å². The molecule has 0 saturated heterocycles. The summed E-state index contributed by atoms with van der Waals surface area (Å²) in [5, 5.41) is 19.2. The lowest BCUT2D eigenvalue weighted by atomic mass is 10.0. The number of hydrogen-bond donors (Lipinski definition) is 8. The van der Waals surface area contributed by atoms with Gasteiger partial charge in [0, 0.05) is 19.1 Å². The summed E-state index contributed by atoms with van der Waals surface area (Å²) in [4.78, 5) is 73.5. The van der Waals surface area contributed by atoms with Crippen LogP contribution in [0.25, 0.3) is 0 Å². The Morgan fingerprint density at radius 1 is 0.950 bits per heavy atom. The zero-order chi connectivity index (χ0) is 30.2.